The van der Waals surface area contributed by atoms with Gasteiger partial charge >= 0.3 is 0 Å². The summed E-state index contributed by atoms with van der Waals surface area (Å²) < 4.78 is 0. The topological polar surface area (TPSA) is 40.5 Å². The lowest BCUT2D eigenvalue weighted by atomic mass is 10.1. The minimum absolute atomic E-state index is 0.0831. The van der Waals surface area contributed by atoms with E-state index in [4.69, 9.17) is 0 Å². The van der Waals surface area contributed by atoms with Gasteiger partial charge in [0.2, 0.25) is 0 Å². The van der Waals surface area contributed by atoms with Gasteiger partial charge in [0.15, 0.2) is 11.5 Å². The number of hydrogen-bond donors (Lipinski definition) is 2. The SMILES string of the molecule is Oc1ccc(/C=C/CCc2ccccc2)cc1O. The highest BCUT2D eigenvalue weighted by Gasteiger charge is 1.97. The van der Waals surface area contributed by atoms with Gasteiger partial charge in [-0.3, -0.25) is 0 Å². The second-order valence-corrected chi connectivity index (χ2v) is 4.17. The molecule has 0 spiro atoms. The first-order valence-corrected chi connectivity index (χ1v) is 5.98. The highest BCUT2D eigenvalue weighted by molar-refractivity contribution is 5.55. The molecule has 0 heterocycles. The van der Waals surface area contributed by atoms with Crippen molar-refractivity contribution in [2.24, 2.45) is 0 Å². The summed E-state index contributed by atoms with van der Waals surface area (Å²) in [6.45, 7) is 0. The van der Waals surface area contributed by atoms with Crippen LogP contribution in [0.2, 0.25) is 0 Å². The van der Waals surface area contributed by atoms with Crippen molar-refractivity contribution in [3.63, 3.8) is 0 Å². The lowest BCUT2D eigenvalue weighted by Crippen LogP contribution is -1.81. The Morgan fingerprint density at radius 3 is 2.39 bits per heavy atom. The molecule has 2 aromatic rings. The molecule has 0 bridgehead atoms. The third-order valence-electron chi connectivity index (χ3n) is 2.75. The average Bonchev–Trinajstić information content (AvgIpc) is 2.40. The maximum atomic E-state index is 9.35. The van der Waals surface area contributed by atoms with Crippen LogP contribution in [0.3, 0.4) is 0 Å². The number of benzene rings is 2. The zero-order valence-corrected chi connectivity index (χ0v) is 10.1. The summed E-state index contributed by atoms with van der Waals surface area (Å²) in [5.74, 6) is -0.170. The Morgan fingerprint density at radius 2 is 1.67 bits per heavy atom. The van der Waals surface area contributed by atoms with Gasteiger partial charge in [-0.15, -0.1) is 0 Å². The number of phenolic OH excluding ortho intramolecular Hbond substituents is 2. The van der Waals surface area contributed by atoms with Crippen LogP contribution in [-0.4, -0.2) is 10.2 Å². The van der Waals surface area contributed by atoms with E-state index in [9.17, 15) is 10.2 Å². The van der Waals surface area contributed by atoms with Gasteiger partial charge < -0.3 is 10.2 Å². The van der Waals surface area contributed by atoms with Gasteiger partial charge in [-0.05, 0) is 36.1 Å². The number of aryl methyl sites for hydroxylation is 1. The number of allylic oxidation sites excluding steroid dienone is 1. The fraction of sp³-hybridized carbons (Fsp3) is 0.125. The van der Waals surface area contributed by atoms with E-state index in [-0.39, 0.29) is 11.5 Å². The maximum Gasteiger partial charge on any atom is 0.157 e. The Morgan fingerprint density at radius 1 is 0.889 bits per heavy atom. The van der Waals surface area contributed by atoms with Gasteiger partial charge in [0.05, 0.1) is 0 Å². The van der Waals surface area contributed by atoms with Gasteiger partial charge in [0.25, 0.3) is 0 Å². The van der Waals surface area contributed by atoms with Crippen LogP contribution in [0.5, 0.6) is 11.5 Å². The van der Waals surface area contributed by atoms with E-state index in [1.165, 1.54) is 11.6 Å². The fourth-order valence-corrected chi connectivity index (χ4v) is 1.76. The monoisotopic (exact) mass is 240 g/mol. The molecule has 18 heavy (non-hydrogen) atoms. The molecule has 0 aliphatic carbocycles. The molecule has 0 aliphatic rings. The lowest BCUT2D eigenvalue weighted by Gasteiger charge is -1.99. The predicted octanol–water partition coefficient (Wildman–Crippen LogP) is 3.74. The zero-order valence-electron chi connectivity index (χ0n) is 10.1. The van der Waals surface area contributed by atoms with Crippen LogP contribution in [0, 0.1) is 0 Å². The van der Waals surface area contributed by atoms with E-state index in [0.717, 1.165) is 18.4 Å². The molecule has 2 rings (SSSR count). The second-order valence-electron chi connectivity index (χ2n) is 4.17. The molecule has 2 N–H and O–H groups in total. The minimum Gasteiger partial charge on any atom is -0.504 e. The number of hydrogen-bond acceptors (Lipinski definition) is 2. The summed E-state index contributed by atoms with van der Waals surface area (Å²) in [6, 6.07) is 15.1. The molecule has 2 heteroatoms. The van der Waals surface area contributed by atoms with Gasteiger partial charge in [-0.1, -0.05) is 48.6 Å². The molecule has 0 saturated heterocycles. The first-order valence-electron chi connectivity index (χ1n) is 5.98. The summed E-state index contributed by atoms with van der Waals surface area (Å²) in [7, 11) is 0. The van der Waals surface area contributed by atoms with Crippen molar-refractivity contribution in [2.75, 3.05) is 0 Å². The van der Waals surface area contributed by atoms with E-state index < -0.39 is 0 Å². The van der Waals surface area contributed by atoms with Gasteiger partial charge in [-0.25, -0.2) is 0 Å². The highest BCUT2D eigenvalue weighted by Crippen LogP contribution is 2.25. The van der Waals surface area contributed by atoms with Crippen LogP contribution in [-0.2, 0) is 6.42 Å². The largest absolute Gasteiger partial charge is 0.504 e. The van der Waals surface area contributed by atoms with Crippen LogP contribution >= 0.6 is 0 Å². The normalized spacial score (nSPS) is 10.9. The summed E-state index contributed by atoms with van der Waals surface area (Å²) in [5, 5.41) is 18.5. The smallest absolute Gasteiger partial charge is 0.157 e. The molecule has 0 radical (unpaired) electrons. The summed E-state index contributed by atoms with van der Waals surface area (Å²) in [4.78, 5) is 0. The quantitative estimate of drug-likeness (QED) is 0.799. The van der Waals surface area contributed by atoms with Gasteiger partial charge in [0, 0.05) is 0 Å². The molecule has 0 aromatic heterocycles. The molecule has 92 valence electrons. The third kappa shape index (κ3) is 3.39. The number of phenols is 2. The van der Waals surface area contributed by atoms with E-state index in [0.29, 0.717) is 0 Å². The Bertz CT molecular complexity index is 530. The lowest BCUT2D eigenvalue weighted by molar-refractivity contribution is 0.403. The molecule has 0 fully saturated rings. The van der Waals surface area contributed by atoms with Crippen molar-refractivity contribution in [1.82, 2.24) is 0 Å². The standard InChI is InChI=1S/C16H16O2/c17-15-11-10-14(12-16(15)18)9-5-4-8-13-6-2-1-3-7-13/h1-3,5-7,9-12,17-18H,4,8H2/b9-5+. The van der Waals surface area contributed by atoms with Gasteiger partial charge in [0.1, 0.15) is 0 Å². The number of rotatable bonds is 4. The molecular formula is C16H16O2. The van der Waals surface area contributed by atoms with E-state index in [2.05, 4.69) is 18.2 Å². The first kappa shape index (κ1) is 12.2. The van der Waals surface area contributed by atoms with Crippen molar-refractivity contribution in [3.05, 3.63) is 65.7 Å². The second kappa shape index (κ2) is 5.92. The third-order valence-corrected chi connectivity index (χ3v) is 2.75. The van der Waals surface area contributed by atoms with Crippen molar-refractivity contribution in [1.29, 1.82) is 0 Å². The average molecular weight is 240 g/mol. The van der Waals surface area contributed by atoms with Crippen molar-refractivity contribution in [3.8, 4) is 11.5 Å². The molecule has 0 saturated carbocycles. The Labute approximate surface area is 107 Å². The van der Waals surface area contributed by atoms with Crippen LogP contribution < -0.4 is 0 Å². The van der Waals surface area contributed by atoms with Crippen LogP contribution in [0.4, 0.5) is 0 Å². The molecule has 0 aliphatic heterocycles. The van der Waals surface area contributed by atoms with Crippen molar-refractivity contribution in [2.45, 2.75) is 12.8 Å². The Balaban J connectivity index is 1.90. The fourth-order valence-electron chi connectivity index (χ4n) is 1.76. The highest BCUT2D eigenvalue weighted by atomic mass is 16.3. The molecule has 0 amide bonds. The predicted molar refractivity (Wildman–Crippen MR) is 73.6 cm³/mol. The minimum atomic E-state index is -0.0866. The van der Waals surface area contributed by atoms with Crippen molar-refractivity contribution >= 4 is 6.08 Å². The van der Waals surface area contributed by atoms with E-state index >= 15 is 0 Å². The maximum absolute atomic E-state index is 9.35. The molecule has 0 unspecified atom stereocenters. The van der Waals surface area contributed by atoms with Crippen LogP contribution in [0.15, 0.2) is 54.6 Å². The molecular weight excluding hydrogens is 224 g/mol. The summed E-state index contributed by atoms with van der Waals surface area (Å²) in [6.07, 6.45) is 5.97. The molecule has 2 nitrogen and oxygen atoms in total. The summed E-state index contributed by atoms with van der Waals surface area (Å²) >= 11 is 0. The molecule has 2 aromatic carbocycles. The van der Waals surface area contributed by atoms with Crippen LogP contribution in [0.1, 0.15) is 17.5 Å². The van der Waals surface area contributed by atoms with E-state index in [1.807, 2.05) is 24.3 Å². The zero-order chi connectivity index (χ0) is 12.8. The Kier molecular flexibility index (Phi) is 4.02. The molecule has 0 atom stereocenters. The summed E-state index contributed by atoms with van der Waals surface area (Å²) in [5.41, 5.74) is 2.20. The van der Waals surface area contributed by atoms with Crippen molar-refractivity contribution < 1.29 is 10.2 Å². The van der Waals surface area contributed by atoms with Gasteiger partial charge in [-0.2, -0.15) is 0 Å². The van der Waals surface area contributed by atoms with Crippen LogP contribution in [0.25, 0.3) is 6.08 Å². The first-order chi connectivity index (χ1) is 8.75. The Hall–Kier alpha value is -2.22. The number of aromatic hydroxyl groups is 2. The van der Waals surface area contributed by atoms with E-state index in [1.54, 1.807) is 12.1 Å².